The van der Waals surface area contributed by atoms with Gasteiger partial charge in [-0.15, -0.1) is 0 Å². The molecular weight excluding hydrogens is 332 g/mol. The van der Waals surface area contributed by atoms with E-state index in [4.69, 9.17) is 4.42 Å². The molecule has 0 aliphatic rings. The molecule has 2 rings (SSSR count). The zero-order valence-corrected chi connectivity index (χ0v) is 12.7. The maximum Gasteiger partial charge on any atom is 0.240 e. The van der Waals surface area contributed by atoms with Crippen LogP contribution in [0.15, 0.2) is 44.2 Å². The second-order valence-electron chi connectivity index (χ2n) is 3.97. The Bertz CT molecular complexity index is 650. The normalized spacial score (nSPS) is 11.7. The van der Waals surface area contributed by atoms with E-state index in [1.54, 1.807) is 37.4 Å². The summed E-state index contributed by atoms with van der Waals surface area (Å²) in [4.78, 5) is 4.25. The Labute approximate surface area is 120 Å². The minimum atomic E-state index is -3.48. The van der Waals surface area contributed by atoms with E-state index in [2.05, 4.69) is 25.6 Å². The first-order valence-electron chi connectivity index (χ1n) is 5.64. The topological polar surface area (TPSA) is 72.2 Å². The summed E-state index contributed by atoms with van der Waals surface area (Å²) >= 11 is 3.26. The van der Waals surface area contributed by atoms with Crippen LogP contribution in [-0.2, 0) is 16.4 Å². The van der Waals surface area contributed by atoms with Gasteiger partial charge < -0.3 is 4.42 Å². The van der Waals surface area contributed by atoms with Crippen LogP contribution in [0, 0.1) is 6.92 Å². The lowest BCUT2D eigenvalue weighted by Crippen LogP contribution is -2.26. The molecule has 0 atom stereocenters. The van der Waals surface area contributed by atoms with Gasteiger partial charge in [0.05, 0.1) is 11.1 Å². The molecule has 0 aliphatic carbocycles. The molecule has 0 aliphatic heterocycles. The molecule has 19 heavy (non-hydrogen) atoms. The first kappa shape index (κ1) is 14.2. The van der Waals surface area contributed by atoms with Crippen molar-refractivity contribution in [1.29, 1.82) is 0 Å². The summed E-state index contributed by atoms with van der Waals surface area (Å²) in [6, 6.07) is 6.46. The lowest BCUT2D eigenvalue weighted by Gasteiger charge is -2.05. The van der Waals surface area contributed by atoms with Crippen molar-refractivity contribution in [3.8, 4) is 0 Å². The summed E-state index contributed by atoms with van der Waals surface area (Å²) < 4.78 is 32.5. The average molecular weight is 345 g/mol. The van der Waals surface area contributed by atoms with Crippen LogP contribution in [0.5, 0.6) is 0 Å². The van der Waals surface area contributed by atoms with Crippen LogP contribution < -0.4 is 4.72 Å². The van der Waals surface area contributed by atoms with E-state index >= 15 is 0 Å². The van der Waals surface area contributed by atoms with Crippen LogP contribution in [-0.4, -0.2) is 19.9 Å². The van der Waals surface area contributed by atoms with Gasteiger partial charge in [-0.25, -0.2) is 18.1 Å². The van der Waals surface area contributed by atoms with E-state index in [9.17, 15) is 8.42 Å². The first-order valence-corrected chi connectivity index (χ1v) is 7.91. The summed E-state index contributed by atoms with van der Waals surface area (Å²) in [5, 5.41) is 0. The highest BCUT2D eigenvalue weighted by atomic mass is 79.9. The van der Waals surface area contributed by atoms with Gasteiger partial charge in [0.1, 0.15) is 5.76 Å². The molecule has 102 valence electrons. The van der Waals surface area contributed by atoms with Gasteiger partial charge in [0.25, 0.3) is 0 Å². The van der Waals surface area contributed by atoms with Gasteiger partial charge >= 0.3 is 0 Å². The Balaban J connectivity index is 1.96. The third kappa shape index (κ3) is 3.89. The van der Waals surface area contributed by atoms with E-state index < -0.39 is 10.0 Å². The number of hydrogen-bond donors (Lipinski definition) is 1. The number of nitrogens with zero attached hydrogens (tertiary/aromatic N) is 1. The lowest BCUT2D eigenvalue weighted by atomic mass is 10.4. The molecule has 0 bridgehead atoms. The largest absolute Gasteiger partial charge is 0.446 e. The fourth-order valence-corrected chi connectivity index (χ4v) is 2.80. The van der Waals surface area contributed by atoms with Crippen LogP contribution in [0.3, 0.4) is 0 Å². The molecule has 0 saturated heterocycles. The molecule has 7 heteroatoms. The van der Waals surface area contributed by atoms with Crippen molar-refractivity contribution in [2.45, 2.75) is 18.2 Å². The Morgan fingerprint density at radius 2 is 2.00 bits per heavy atom. The van der Waals surface area contributed by atoms with E-state index in [1.165, 1.54) is 0 Å². The average Bonchev–Trinajstić information content (AvgIpc) is 2.75. The van der Waals surface area contributed by atoms with Gasteiger partial charge in [-0.05, 0) is 31.2 Å². The molecule has 0 amide bonds. The zero-order valence-electron chi connectivity index (χ0n) is 10.3. The number of aromatic nitrogens is 1. The van der Waals surface area contributed by atoms with Crippen molar-refractivity contribution in [3.05, 3.63) is 46.6 Å². The highest BCUT2D eigenvalue weighted by Crippen LogP contribution is 2.14. The molecule has 0 fully saturated rings. The number of oxazole rings is 1. The second kappa shape index (κ2) is 5.85. The van der Waals surface area contributed by atoms with Crippen molar-refractivity contribution in [1.82, 2.24) is 9.71 Å². The van der Waals surface area contributed by atoms with Crippen LogP contribution in [0.1, 0.15) is 11.7 Å². The minimum Gasteiger partial charge on any atom is -0.446 e. The van der Waals surface area contributed by atoms with Crippen LogP contribution in [0.25, 0.3) is 0 Å². The Kier molecular flexibility index (Phi) is 4.38. The fourth-order valence-electron chi connectivity index (χ4n) is 1.51. The van der Waals surface area contributed by atoms with Gasteiger partial charge in [-0.2, -0.15) is 0 Å². The van der Waals surface area contributed by atoms with Crippen molar-refractivity contribution in [3.63, 3.8) is 0 Å². The van der Waals surface area contributed by atoms with Crippen molar-refractivity contribution >= 4 is 26.0 Å². The third-order valence-electron chi connectivity index (χ3n) is 2.42. The number of hydrogen-bond acceptors (Lipinski definition) is 4. The predicted molar refractivity (Wildman–Crippen MR) is 74.3 cm³/mol. The summed E-state index contributed by atoms with van der Waals surface area (Å²) in [6.07, 6.45) is 2.03. The number of benzene rings is 1. The van der Waals surface area contributed by atoms with Crippen molar-refractivity contribution < 1.29 is 12.8 Å². The van der Waals surface area contributed by atoms with Gasteiger partial charge in [-0.3, -0.25) is 0 Å². The third-order valence-corrected chi connectivity index (χ3v) is 4.43. The van der Waals surface area contributed by atoms with E-state index in [-0.39, 0.29) is 11.4 Å². The quantitative estimate of drug-likeness (QED) is 0.902. The zero-order chi connectivity index (χ0) is 13.9. The maximum atomic E-state index is 12.0. The van der Waals surface area contributed by atoms with Gasteiger partial charge in [0.15, 0.2) is 5.89 Å². The fraction of sp³-hybridized carbons (Fsp3) is 0.250. The summed E-state index contributed by atoms with van der Waals surface area (Å²) in [5.41, 5.74) is 0. The van der Waals surface area contributed by atoms with Crippen molar-refractivity contribution in [2.24, 2.45) is 0 Å². The Morgan fingerprint density at radius 3 is 2.58 bits per heavy atom. The molecule has 0 unspecified atom stereocenters. The molecule has 0 spiro atoms. The predicted octanol–water partition coefficient (Wildman–Crippen LogP) is 2.27. The monoisotopic (exact) mass is 344 g/mol. The van der Waals surface area contributed by atoms with E-state index in [0.29, 0.717) is 18.1 Å². The lowest BCUT2D eigenvalue weighted by molar-refractivity contribution is 0.469. The van der Waals surface area contributed by atoms with Gasteiger partial charge in [0, 0.05) is 17.4 Å². The van der Waals surface area contributed by atoms with Gasteiger partial charge in [0.2, 0.25) is 10.0 Å². The summed E-state index contributed by atoms with van der Waals surface area (Å²) in [7, 11) is -3.48. The first-order chi connectivity index (χ1) is 8.97. The smallest absolute Gasteiger partial charge is 0.240 e. The molecule has 5 nitrogen and oxygen atoms in total. The number of halogens is 1. The van der Waals surface area contributed by atoms with E-state index in [0.717, 1.165) is 4.47 Å². The molecule has 1 N–H and O–H groups in total. The maximum absolute atomic E-state index is 12.0. The Hall–Kier alpha value is -1.18. The van der Waals surface area contributed by atoms with Gasteiger partial charge in [-0.1, -0.05) is 15.9 Å². The Morgan fingerprint density at radius 1 is 1.32 bits per heavy atom. The molecule has 1 heterocycles. The molecule has 1 aromatic heterocycles. The molecular formula is C12H13BrN2O3S. The number of nitrogens with one attached hydrogen (secondary N) is 1. The molecule has 0 radical (unpaired) electrons. The van der Waals surface area contributed by atoms with Crippen LogP contribution >= 0.6 is 15.9 Å². The standard InChI is InChI=1S/C12H13BrN2O3S/c1-9-8-14-12(18-9)6-7-15-19(16,17)11-4-2-10(13)3-5-11/h2-5,8,15H,6-7H2,1H3. The number of sulfonamides is 1. The summed E-state index contributed by atoms with van der Waals surface area (Å²) in [5.74, 6) is 1.24. The highest BCUT2D eigenvalue weighted by Gasteiger charge is 2.13. The molecule has 1 aromatic carbocycles. The molecule has 0 saturated carbocycles. The van der Waals surface area contributed by atoms with Crippen LogP contribution in [0.4, 0.5) is 0 Å². The second-order valence-corrected chi connectivity index (χ2v) is 6.65. The van der Waals surface area contributed by atoms with E-state index in [1.807, 2.05) is 0 Å². The molecule has 2 aromatic rings. The SMILES string of the molecule is Cc1cnc(CCNS(=O)(=O)c2ccc(Br)cc2)o1. The van der Waals surface area contributed by atoms with Crippen molar-refractivity contribution in [2.75, 3.05) is 6.54 Å². The highest BCUT2D eigenvalue weighted by molar-refractivity contribution is 9.10. The summed E-state index contributed by atoms with van der Waals surface area (Å²) in [6.45, 7) is 2.04. The number of aryl methyl sites for hydroxylation is 1. The minimum absolute atomic E-state index is 0.235. The number of rotatable bonds is 5. The van der Waals surface area contributed by atoms with Crippen LogP contribution in [0.2, 0.25) is 0 Å².